The number of aromatic nitrogens is 4. The van der Waals surface area contributed by atoms with Crippen LogP contribution in [0.15, 0.2) is 52.3 Å². The highest BCUT2D eigenvalue weighted by molar-refractivity contribution is 7.98. The van der Waals surface area contributed by atoms with E-state index in [1.54, 1.807) is 34.4 Å². The Morgan fingerprint density at radius 2 is 2.00 bits per heavy atom. The summed E-state index contributed by atoms with van der Waals surface area (Å²) in [5.74, 6) is 2.51. The lowest BCUT2D eigenvalue weighted by atomic mass is 10.2. The third kappa shape index (κ3) is 5.18. The molecule has 0 aliphatic carbocycles. The lowest BCUT2D eigenvalue weighted by molar-refractivity contribution is 0.305. The first-order valence-corrected chi connectivity index (χ1v) is 11.2. The summed E-state index contributed by atoms with van der Waals surface area (Å²) in [6.45, 7) is 2.55. The van der Waals surface area contributed by atoms with Gasteiger partial charge in [0.25, 0.3) is 0 Å². The number of rotatable bonds is 8. The lowest BCUT2D eigenvalue weighted by Gasteiger charge is -2.03. The van der Waals surface area contributed by atoms with Crippen LogP contribution in [-0.2, 0) is 18.8 Å². The van der Waals surface area contributed by atoms with Crippen LogP contribution in [0.5, 0.6) is 5.75 Å². The molecule has 4 rings (SSSR count). The van der Waals surface area contributed by atoms with Crippen molar-refractivity contribution in [2.45, 2.75) is 30.9 Å². The maximum absolute atomic E-state index is 5.79. The van der Waals surface area contributed by atoms with Gasteiger partial charge in [-0.15, -0.1) is 27.8 Å². The summed E-state index contributed by atoms with van der Waals surface area (Å²) in [5, 5.41) is 13.2. The number of aryl methyl sites for hydroxylation is 1. The zero-order valence-corrected chi connectivity index (χ0v) is 17.2. The Kier molecular flexibility index (Phi) is 5.86. The molecule has 1 N–H and O–H groups in total. The van der Waals surface area contributed by atoms with Gasteiger partial charge in [0.2, 0.25) is 5.16 Å². The molecule has 0 saturated heterocycles. The van der Waals surface area contributed by atoms with Crippen molar-refractivity contribution in [3.05, 3.63) is 74.1 Å². The van der Waals surface area contributed by atoms with E-state index in [1.165, 1.54) is 10.4 Å². The van der Waals surface area contributed by atoms with Crippen LogP contribution in [0.25, 0.3) is 0 Å². The van der Waals surface area contributed by atoms with E-state index in [0.717, 1.165) is 39.6 Å². The van der Waals surface area contributed by atoms with Gasteiger partial charge in [-0.1, -0.05) is 35.5 Å². The zero-order valence-electron chi connectivity index (χ0n) is 14.7. The van der Waals surface area contributed by atoms with Crippen molar-refractivity contribution in [3.8, 4) is 5.75 Å². The average Bonchev–Trinajstić information content (AvgIpc) is 3.42. The van der Waals surface area contributed by atoms with E-state index in [4.69, 9.17) is 4.74 Å². The van der Waals surface area contributed by atoms with E-state index in [0.29, 0.717) is 6.61 Å². The number of benzene rings is 1. The number of nitrogens with one attached hydrogen (secondary N) is 1. The van der Waals surface area contributed by atoms with Crippen LogP contribution in [0.4, 0.5) is 0 Å². The maximum atomic E-state index is 5.79. The van der Waals surface area contributed by atoms with E-state index < -0.39 is 0 Å². The van der Waals surface area contributed by atoms with Crippen LogP contribution in [0, 0.1) is 6.92 Å². The second-order valence-electron chi connectivity index (χ2n) is 5.94. The molecule has 0 atom stereocenters. The molecule has 0 aliphatic heterocycles. The summed E-state index contributed by atoms with van der Waals surface area (Å²) in [6, 6.07) is 12.2. The van der Waals surface area contributed by atoms with Gasteiger partial charge >= 0.3 is 0 Å². The summed E-state index contributed by atoms with van der Waals surface area (Å²) < 4.78 is 5.79. The predicted molar refractivity (Wildman–Crippen MR) is 111 cm³/mol. The van der Waals surface area contributed by atoms with Crippen molar-refractivity contribution in [1.29, 1.82) is 0 Å². The molecule has 138 valence electrons. The lowest BCUT2D eigenvalue weighted by Crippen LogP contribution is -1.95. The van der Waals surface area contributed by atoms with E-state index in [2.05, 4.69) is 50.0 Å². The van der Waals surface area contributed by atoms with Gasteiger partial charge in [-0.05, 0) is 30.5 Å². The van der Waals surface area contributed by atoms with Gasteiger partial charge in [0.15, 0.2) is 0 Å². The second-order valence-corrected chi connectivity index (χ2v) is 8.86. The van der Waals surface area contributed by atoms with Gasteiger partial charge in [0.1, 0.15) is 23.2 Å². The summed E-state index contributed by atoms with van der Waals surface area (Å²) in [7, 11) is 0. The molecular formula is C19H18N4OS3. The molecule has 0 bridgehead atoms. The van der Waals surface area contributed by atoms with Crippen molar-refractivity contribution in [2.75, 3.05) is 0 Å². The first kappa shape index (κ1) is 18.2. The Labute approximate surface area is 169 Å². The van der Waals surface area contributed by atoms with Gasteiger partial charge in [0.05, 0.1) is 5.69 Å². The van der Waals surface area contributed by atoms with Crippen molar-refractivity contribution in [3.63, 3.8) is 0 Å². The van der Waals surface area contributed by atoms with Gasteiger partial charge < -0.3 is 4.74 Å². The Morgan fingerprint density at radius 1 is 1.11 bits per heavy atom. The molecule has 3 heterocycles. The SMILES string of the molecule is Cc1ccc(OCc2nc(CSc3n[nH]c(Cc4cccs4)n3)cs2)cc1. The fourth-order valence-corrected chi connectivity index (χ4v) is 4.63. The zero-order chi connectivity index (χ0) is 18.5. The Balaban J connectivity index is 1.27. The molecule has 1 aromatic carbocycles. The summed E-state index contributed by atoms with van der Waals surface area (Å²) in [6.07, 6.45) is 0.794. The van der Waals surface area contributed by atoms with Crippen LogP contribution in [0.1, 0.15) is 27.0 Å². The summed E-state index contributed by atoms with van der Waals surface area (Å²) in [4.78, 5) is 10.5. The van der Waals surface area contributed by atoms with Crippen molar-refractivity contribution in [1.82, 2.24) is 20.2 Å². The van der Waals surface area contributed by atoms with E-state index >= 15 is 0 Å². The van der Waals surface area contributed by atoms with Crippen LogP contribution < -0.4 is 4.74 Å². The molecule has 4 aromatic rings. The molecule has 0 radical (unpaired) electrons. The second kappa shape index (κ2) is 8.69. The number of ether oxygens (including phenoxy) is 1. The molecule has 5 nitrogen and oxygen atoms in total. The molecule has 0 amide bonds. The Bertz CT molecular complexity index is 977. The number of hydrogen-bond acceptors (Lipinski definition) is 7. The average molecular weight is 415 g/mol. The molecule has 0 spiro atoms. The standard InChI is InChI=1S/C19H18N4OS3/c1-13-4-6-15(7-5-13)24-10-18-20-14(11-26-18)12-27-19-21-17(22-23-19)9-16-3-2-8-25-16/h2-8,11H,9-10,12H2,1H3,(H,21,22,23). The third-order valence-corrected chi connectivity index (χ3v) is 6.39. The fourth-order valence-electron chi connectivity index (χ4n) is 2.40. The number of thiazole rings is 1. The quantitative estimate of drug-likeness (QED) is 0.407. The van der Waals surface area contributed by atoms with E-state index in [9.17, 15) is 0 Å². The normalized spacial score (nSPS) is 11.0. The van der Waals surface area contributed by atoms with Gasteiger partial charge in [-0.3, -0.25) is 5.10 Å². The molecule has 8 heteroatoms. The van der Waals surface area contributed by atoms with Gasteiger partial charge in [-0.25, -0.2) is 9.97 Å². The first-order chi connectivity index (χ1) is 13.2. The third-order valence-electron chi connectivity index (χ3n) is 3.76. The largest absolute Gasteiger partial charge is 0.486 e. The first-order valence-electron chi connectivity index (χ1n) is 8.44. The van der Waals surface area contributed by atoms with Crippen molar-refractivity contribution in [2.24, 2.45) is 0 Å². The molecule has 27 heavy (non-hydrogen) atoms. The van der Waals surface area contributed by atoms with E-state index in [-0.39, 0.29) is 0 Å². The number of thiophene rings is 1. The minimum Gasteiger partial charge on any atom is -0.486 e. The summed E-state index contributed by atoms with van der Waals surface area (Å²) in [5.41, 5.74) is 2.25. The Hall–Kier alpha value is -2.16. The monoisotopic (exact) mass is 414 g/mol. The highest BCUT2D eigenvalue weighted by atomic mass is 32.2. The topological polar surface area (TPSA) is 63.7 Å². The highest BCUT2D eigenvalue weighted by Crippen LogP contribution is 2.22. The molecule has 0 fully saturated rings. The van der Waals surface area contributed by atoms with Crippen LogP contribution in [0.2, 0.25) is 0 Å². The number of thioether (sulfide) groups is 1. The minimum absolute atomic E-state index is 0.490. The maximum Gasteiger partial charge on any atom is 0.208 e. The van der Waals surface area contributed by atoms with Gasteiger partial charge in [-0.2, -0.15) is 0 Å². The van der Waals surface area contributed by atoms with Crippen molar-refractivity contribution >= 4 is 34.4 Å². The minimum atomic E-state index is 0.490. The molecular weight excluding hydrogens is 396 g/mol. The number of H-pyrrole nitrogens is 1. The van der Waals surface area contributed by atoms with Crippen LogP contribution >= 0.6 is 34.4 Å². The van der Waals surface area contributed by atoms with E-state index in [1.807, 2.05) is 24.3 Å². The number of aromatic amines is 1. The smallest absolute Gasteiger partial charge is 0.208 e. The highest BCUT2D eigenvalue weighted by Gasteiger charge is 2.08. The Morgan fingerprint density at radius 3 is 2.81 bits per heavy atom. The van der Waals surface area contributed by atoms with Crippen LogP contribution in [0.3, 0.4) is 0 Å². The van der Waals surface area contributed by atoms with Gasteiger partial charge in [0, 0.05) is 22.4 Å². The molecule has 0 aliphatic rings. The number of hydrogen-bond donors (Lipinski definition) is 1. The molecule has 0 unspecified atom stereocenters. The molecule has 0 saturated carbocycles. The van der Waals surface area contributed by atoms with Crippen molar-refractivity contribution < 1.29 is 4.74 Å². The fraction of sp³-hybridized carbons (Fsp3) is 0.211. The molecule has 3 aromatic heterocycles. The number of nitrogens with zero attached hydrogens (tertiary/aromatic N) is 3. The summed E-state index contributed by atoms with van der Waals surface area (Å²) >= 11 is 4.94. The predicted octanol–water partition coefficient (Wildman–Crippen LogP) is 5.09. The van der Waals surface area contributed by atoms with Crippen LogP contribution in [-0.4, -0.2) is 20.2 Å².